The van der Waals surface area contributed by atoms with Crippen molar-refractivity contribution in [3.8, 4) is 0 Å². The molecule has 0 bridgehead atoms. The fourth-order valence-corrected chi connectivity index (χ4v) is 3.46. The lowest BCUT2D eigenvalue weighted by atomic mass is 10.1. The van der Waals surface area contributed by atoms with Crippen molar-refractivity contribution >= 4 is 11.3 Å². The summed E-state index contributed by atoms with van der Waals surface area (Å²) in [6.07, 6.45) is 2.25. The molecule has 0 spiro atoms. The van der Waals surface area contributed by atoms with Gasteiger partial charge in [-0.25, -0.2) is 4.98 Å². The Morgan fingerprint density at radius 1 is 1.29 bits per heavy atom. The smallest absolute Gasteiger partial charge is 0.0966 e. The van der Waals surface area contributed by atoms with Gasteiger partial charge in [-0.05, 0) is 30.9 Å². The summed E-state index contributed by atoms with van der Waals surface area (Å²) in [4.78, 5) is 4.67. The first-order valence-corrected chi connectivity index (χ1v) is 6.89. The molecular weight excluding hydrogens is 228 g/mol. The third kappa shape index (κ3) is 2.01. The van der Waals surface area contributed by atoms with Gasteiger partial charge in [-0.2, -0.15) is 0 Å². The van der Waals surface area contributed by atoms with Gasteiger partial charge in [-0.3, -0.25) is 0 Å². The largest absolute Gasteiger partial charge is 0.323 e. The van der Waals surface area contributed by atoms with Gasteiger partial charge >= 0.3 is 0 Å². The Balaban J connectivity index is 1.84. The van der Waals surface area contributed by atoms with Gasteiger partial charge in [0.2, 0.25) is 0 Å². The van der Waals surface area contributed by atoms with Crippen molar-refractivity contribution in [1.82, 2.24) is 4.98 Å². The molecule has 3 rings (SSSR count). The van der Waals surface area contributed by atoms with Crippen molar-refractivity contribution in [3.05, 3.63) is 51.5 Å². The molecule has 17 heavy (non-hydrogen) atoms. The van der Waals surface area contributed by atoms with Crippen molar-refractivity contribution < 1.29 is 0 Å². The highest BCUT2D eigenvalue weighted by Crippen LogP contribution is 2.35. The average molecular weight is 244 g/mol. The maximum absolute atomic E-state index is 5.85. The maximum Gasteiger partial charge on any atom is 0.0966 e. The zero-order valence-electron chi connectivity index (χ0n) is 9.89. The first kappa shape index (κ1) is 10.9. The summed E-state index contributed by atoms with van der Waals surface area (Å²) in [6, 6.07) is 8.75. The van der Waals surface area contributed by atoms with E-state index in [2.05, 4.69) is 34.6 Å². The van der Waals surface area contributed by atoms with Crippen LogP contribution in [0.5, 0.6) is 0 Å². The lowest BCUT2D eigenvalue weighted by Crippen LogP contribution is -2.06. The Bertz CT molecular complexity index is 506. The van der Waals surface area contributed by atoms with Crippen LogP contribution in [0.2, 0.25) is 0 Å². The predicted octanol–water partition coefficient (Wildman–Crippen LogP) is 3.05. The second-order valence-corrected chi connectivity index (χ2v) is 5.66. The second kappa shape index (κ2) is 4.24. The van der Waals surface area contributed by atoms with E-state index in [0.717, 1.165) is 18.5 Å². The van der Waals surface area contributed by atoms with Crippen LogP contribution < -0.4 is 5.73 Å². The van der Waals surface area contributed by atoms with E-state index in [0.29, 0.717) is 5.92 Å². The first-order chi connectivity index (χ1) is 8.24. The van der Waals surface area contributed by atoms with E-state index in [1.165, 1.54) is 16.1 Å². The number of benzene rings is 1. The molecule has 0 saturated carbocycles. The summed E-state index contributed by atoms with van der Waals surface area (Å²) in [7, 11) is 0. The molecule has 0 radical (unpaired) electrons. The summed E-state index contributed by atoms with van der Waals surface area (Å²) >= 11 is 1.75. The van der Waals surface area contributed by atoms with E-state index in [9.17, 15) is 0 Å². The van der Waals surface area contributed by atoms with Crippen LogP contribution in [-0.4, -0.2) is 4.98 Å². The van der Waals surface area contributed by atoms with Gasteiger partial charge in [0.15, 0.2) is 0 Å². The minimum absolute atomic E-state index is 0.0452. The van der Waals surface area contributed by atoms with Crippen LogP contribution in [0.3, 0.4) is 0 Å². The normalized spacial score (nSPS) is 17.1. The molecule has 2 aromatic rings. The van der Waals surface area contributed by atoms with Gasteiger partial charge in [0, 0.05) is 17.3 Å². The molecule has 2 nitrogen and oxygen atoms in total. The van der Waals surface area contributed by atoms with Gasteiger partial charge in [-0.15, -0.1) is 11.3 Å². The SMILES string of the molecule is CC(N)c1csc(C2Cc3ccccc3C2)n1. The first-order valence-electron chi connectivity index (χ1n) is 6.01. The molecule has 0 saturated heterocycles. The highest BCUT2D eigenvalue weighted by atomic mass is 32.1. The fraction of sp³-hybridized carbons (Fsp3) is 0.357. The van der Waals surface area contributed by atoms with Gasteiger partial charge < -0.3 is 5.73 Å². The van der Waals surface area contributed by atoms with Gasteiger partial charge in [0.1, 0.15) is 0 Å². The van der Waals surface area contributed by atoms with Crippen molar-refractivity contribution in [2.75, 3.05) is 0 Å². The highest BCUT2D eigenvalue weighted by Gasteiger charge is 2.25. The fourth-order valence-electron chi connectivity index (χ4n) is 2.43. The van der Waals surface area contributed by atoms with Gasteiger partial charge in [-0.1, -0.05) is 24.3 Å². The van der Waals surface area contributed by atoms with E-state index in [1.807, 2.05) is 6.92 Å². The number of rotatable bonds is 2. The molecule has 1 aromatic heterocycles. The lowest BCUT2D eigenvalue weighted by Gasteiger charge is -2.04. The molecular formula is C14H16N2S. The summed E-state index contributed by atoms with van der Waals surface area (Å²) in [6.45, 7) is 1.99. The molecule has 2 N–H and O–H groups in total. The molecule has 1 aromatic carbocycles. The predicted molar refractivity (Wildman–Crippen MR) is 71.3 cm³/mol. The Morgan fingerprint density at radius 2 is 1.94 bits per heavy atom. The Labute approximate surface area is 106 Å². The summed E-state index contributed by atoms with van der Waals surface area (Å²) in [5, 5.41) is 3.34. The molecule has 0 amide bonds. The van der Waals surface area contributed by atoms with E-state index in [1.54, 1.807) is 11.3 Å². The van der Waals surface area contributed by atoms with Crippen LogP contribution >= 0.6 is 11.3 Å². The van der Waals surface area contributed by atoms with Crippen molar-refractivity contribution in [2.24, 2.45) is 5.73 Å². The van der Waals surface area contributed by atoms with Crippen LogP contribution in [0.25, 0.3) is 0 Å². The van der Waals surface area contributed by atoms with Crippen LogP contribution in [0.4, 0.5) is 0 Å². The highest BCUT2D eigenvalue weighted by molar-refractivity contribution is 7.09. The average Bonchev–Trinajstić information content (AvgIpc) is 2.95. The minimum Gasteiger partial charge on any atom is -0.323 e. The van der Waals surface area contributed by atoms with E-state index in [-0.39, 0.29) is 6.04 Å². The number of fused-ring (bicyclic) bond motifs is 1. The van der Waals surface area contributed by atoms with Crippen LogP contribution in [0.1, 0.15) is 40.7 Å². The molecule has 3 heteroatoms. The second-order valence-electron chi connectivity index (χ2n) is 4.77. The monoisotopic (exact) mass is 244 g/mol. The van der Waals surface area contributed by atoms with E-state index >= 15 is 0 Å². The Kier molecular flexibility index (Phi) is 2.73. The molecule has 0 fully saturated rings. The molecule has 1 unspecified atom stereocenters. The van der Waals surface area contributed by atoms with E-state index in [4.69, 9.17) is 5.73 Å². The molecule has 1 heterocycles. The topological polar surface area (TPSA) is 38.9 Å². The molecule has 0 aliphatic heterocycles. The minimum atomic E-state index is 0.0452. The molecule has 1 aliphatic carbocycles. The summed E-state index contributed by atoms with van der Waals surface area (Å²) in [5.41, 5.74) is 9.85. The van der Waals surface area contributed by atoms with Crippen molar-refractivity contribution in [1.29, 1.82) is 0 Å². The molecule has 88 valence electrons. The third-order valence-corrected chi connectivity index (χ3v) is 4.43. The number of hydrogen-bond donors (Lipinski definition) is 1. The number of nitrogens with zero attached hydrogens (tertiary/aromatic N) is 1. The Hall–Kier alpha value is -1.19. The van der Waals surface area contributed by atoms with Crippen LogP contribution in [-0.2, 0) is 12.8 Å². The van der Waals surface area contributed by atoms with Crippen LogP contribution in [0, 0.1) is 0 Å². The third-order valence-electron chi connectivity index (χ3n) is 3.41. The van der Waals surface area contributed by atoms with Gasteiger partial charge in [0.25, 0.3) is 0 Å². The standard InChI is InChI=1S/C14H16N2S/c1-9(15)13-8-17-14(16-13)12-6-10-4-2-3-5-11(10)7-12/h2-5,8-9,12H,6-7,15H2,1H3. The van der Waals surface area contributed by atoms with Gasteiger partial charge in [0.05, 0.1) is 10.7 Å². The van der Waals surface area contributed by atoms with Crippen LogP contribution in [0.15, 0.2) is 29.6 Å². The molecule has 1 atom stereocenters. The maximum atomic E-state index is 5.85. The zero-order valence-corrected chi connectivity index (χ0v) is 10.7. The van der Waals surface area contributed by atoms with Crippen molar-refractivity contribution in [3.63, 3.8) is 0 Å². The number of thiazole rings is 1. The zero-order chi connectivity index (χ0) is 11.8. The summed E-state index contributed by atoms with van der Waals surface area (Å²) in [5.74, 6) is 0.560. The summed E-state index contributed by atoms with van der Waals surface area (Å²) < 4.78 is 0. The molecule has 1 aliphatic rings. The Morgan fingerprint density at radius 3 is 2.47 bits per heavy atom. The number of nitrogens with two attached hydrogens (primary N) is 1. The number of hydrogen-bond acceptors (Lipinski definition) is 3. The number of aromatic nitrogens is 1. The lowest BCUT2D eigenvalue weighted by molar-refractivity contribution is 0.713. The van der Waals surface area contributed by atoms with E-state index < -0.39 is 0 Å². The van der Waals surface area contributed by atoms with Crippen molar-refractivity contribution in [2.45, 2.75) is 31.7 Å². The quantitative estimate of drug-likeness (QED) is 0.882.